The number of ether oxygens (including phenoxy) is 1. The first-order chi connectivity index (χ1) is 7.30. The number of hydrogen-bond acceptors (Lipinski definition) is 3. The Labute approximate surface area is 99.7 Å². The van der Waals surface area contributed by atoms with Crippen LogP contribution in [0.1, 0.15) is 12.5 Å². The quantitative estimate of drug-likeness (QED) is 0.671. The summed E-state index contributed by atoms with van der Waals surface area (Å²) in [4.78, 5) is 11.4. The molecule has 1 aromatic carbocycles. The molecule has 88 valence electrons. The number of hydrogen-bond donors (Lipinski definition) is 1. The monoisotopic (exact) mass is 293 g/mol. The number of methoxy groups -OCH3 is 1. The highest BCUT2D eigenvalue weighted by Gasteiger charge is 2.35. The fourth-order valence-electron chi connectivity index (χ4n) is 1.24. The maximum absolute atomic E-state index is 13.5. The summed E-state index contributed by atoms with van der Waals surface area (Å²) >= 11 is 2.89. The first kappa shape index (κ1) is 13.1. The van der Waals surface area contributed by atoms with Gasteiger partial charge >= 0.3 is 5.97 Å². The van der Waals surface area contributed by atoms with Crippen LogP contribution in [-0.4, -0.2) is 13.1 Å². The first-order valence-electron chi connectivity index (χ1n) is 4.33. The van der Waals surface area contributed by atoms with Gasteiger partial charge in [0.1, 0.15) is 17.2 Å². The van der Waals surface area contributed by atoms with E-state index in [9.17, 15) is 13.6 Å². The van der Waals surface area contributed by atoms with Gasteiger partial charge in [-0.3, -0.25) is 0 Å². The van der Waals surface area contributed by atoms with Gasteiger partial charge in [-0.25, -0.2) is 13.6 Å². The number of carbonyl (C=O) groups is 1. The number of halogens is 3. The van der Waals surface area contributed by atoms with Crippen LogP contribution in [0.5, 0.6) is 0 Å². The summed E-state index contributed by atoms with van der Waals surface area (Å²) in [5.41, 5.74) is 3.86. The molecule has 0 aromatic heterocycles. The zero-order valence-electron chi connectivity index (χ0n) is 8.68. The van der Waals surface area contributed by atoms with Gasteiger partial charge in [0.05, 0.1) is 11.6 Å². The Bertz CT molecular complexity index is 435. The average Bonchev–Trinajstić information content (AvgIpc) is 2.21. The molecule has 0 bridgehead atoms. The van der Waals surface area contributed by atoms with Gasteiger partial charge in [0.2, 0.25) is 0 Å². The van der Waals surface area contributed by atoms with Crippen LogP contribution in [0.3, 0.4) is 0 Å². The molecule has 1 atom stereocenters. The third-order valence-electron chi connectivity index (χ3n) is 2.18. The van der Waals surface area contributed by atoms with Crippen LogP contribution in [0.25, 0.3) is 0 Å². The van der Waals surface area contributed by atoms with Crippen LogP contribution in [-0.2, 0) is 15.1 Å². The lowest BCUT2D eigenvalue weighted by atomic mass is 9.93. The first-order valence-corrected chi connectivity index (χ1v) is 5.12. The van der Waals surface area contributed by atoms with Gasteiger partial charge < -0.3 is 10.5 Å². The Balaban J connectivity index is 3.33. The van der Waals surface area contributed by atoms with Crippen molar-refractivity contribution >= 4 is 21.9 Å². The van der Waals surface area contributed by atoms with Crippen LogP contribution in [0.15, 0.2) is 16.6 Å². The smallest absolute Gasteiger partial charge is 0.330 e. The predicted octanol–water partition coefficient (Wildman–Crippen LogP) is 2.07. The van der Waals surface area contributed by atoms with Crippen molar-refractivity contribution in [3.8, 4) is 0 Å². The summed E-state index contributed by atoms with van der Waals surface area (Å²) in [6, 6.07) is 1.79. The van der Waals surface area contributed by atoms with E-state index in [1.54, 1.807) is 0 Å². The molecule has 0 spiro atoms. The molecular weight excluding hydrogens is 284 g/mol. The highest BCUT2D eigenvalue weighted by atomic mass is 79.9. The molecule has 0 fully saturated rings. The largest absolute Gasteiger partial charge is 0.467 e. The summed E-state index contributed by atoms with van der Waals surface area (Å²) in [6.07, 6.45) is 0. The van der Waals surface area contributed by atoms with Crippen molar-refractivity contribution in [2.24, 2.45) is 5.73 Å². The van der Waals surface area contributed by atoms with E-state index in [-0.39, 0.29) is 10.0 Å². The lowest BCUT2D eigenvalue weighted by Gasteiger charge is -2.22. The van der Waals surface area contributed by atoms with Crippen molar-refractivity contribution in [1.29, 1.82) is 0 Å². The van der Waals surface area contributed by atoms with Crippen LogP contribution in [0, 0.1) is 11.6 Å². The minimum atomic E-state index is -1.66. The normalized spacial score (nSPS) is 14.4. The third-order valence-corrected chi connectivity index (χ3v) is 2.79. The molecule has 2 N–H and O–H groups in total. The molecule has 3 nitrogen and oxygen atoms in total. The molecule has 1 rings (SSSR count). The fourth-order valence-corrected chi connectivity index (χ4v) is 1.59. The SMILES string of the molecule is COC(=O)C(C)(N)c1cc(Br)c(F)cc1F. The maximum Gasteiger partial charge on any atom is 0.330 e. The van der Waals surface area contributed by atoms with E-state index in [4.69, 9.17) is 5.73 Å². The van der Waals surface area contributed by atoms with Gasteiger partial charge in [-0.1, -0.05) is 0 Å². The Kier molecular flexibility index (Phi) is 3.64. The fraction of sp³-hybridized carbons (Fsp3) is 0.300. The number of esters is 1. The highest BCUT2D eigenvalue weighted by Crippen LogP contribution is 2.27. The molecule has 1 aromatic rings. The molecule has 0 saturated carbocycles. The van der Waals surface area contributed by atoms with Crippen molar-refractivity contribution in [3.05, 3.63) is 33.8 Å². The summed E-state index contributed by atoms with van der Waals surface area (Å²) in [5.74, 6) is -2.46. The summed E-state index contributed by atoms with van der Waals surface area (Å²) in [6.45, 7) is 1.29. The molecular formula is C10H10BrF2NO2. The zero-order chi connectivity index (χ0) is 12.5. The average molecular weight is 294 g/mol. The predicted molar refractivity (Wildman–Crippen MR) is 57.6 cm³/mol. The minimum absolute atomic E-state index is 0.0319. The van der Waals surface area contributed by atoms with E-state index in [1.165, 1.54) is 6.92 Å². The van der Waals surface area contributed by atoms with Gasteiger partial charge in [0, 0.05) is 11.6 Å². The number of nitrogens with two attached hydrogens (primary N) is 1. The Morgan fingerprint density at radius 1 is 1.44 bits per heavy atom. The lowest BCUT2D eigenvalue weighted by Crippen LogP contribution is -2.43. The van der Waals surface area contributed by atoms with Gasteiger partial charge in [-0.15, -0.1) is 0 Å². The van der Waals surface area contributed by atoms with E-state index >= 15 is 0 Å². The minimum Gasteiger partial charge on any atom is -0.467 e. The molecule has 0 aliphatic rings. The van der Waals surface area contributed by atoms with Crippen LogP contribution >= 0.6 is 15.9 Å². The van der Waals surface area contributed by atoms with E-state index in [0.29, 0.717) is 6.07 Å². The lowest BCUT2D eigenvalue weighted by molar-refractivity contribution is -0.146. The number of benzene rings is 1. The van der Waals surface area contributed by atoms with Crippen molar-refractivity contribution in [2.75, 3.05) is 7.11 Å². The second-order valence-electron chi connectivity index (χ2n) is 3.44. The molecule has 0 aliphatic heterocycles. The summed E-state index contributed by atoms with van der Waals surface area (Å²) < 4.78 is 30.9. The van der Waals surface area contributed by atoms with Crippen molar-refractivity contribution in [1.82, 2.24) is 0 Å². The van der Waals surface area contributed by atoms with Crippen LogP contribution in [0.4, 0.5) is 8.78 Å². The summed E-state index contributed by atoms with van der Waals surface area (Å²) in [5, 5.41) is 0. The van der Waals surface area contributed by atoms with Gasteiger partial charge in [-0.2, -0.15) is 0 Å². The van der Waals surface area contributed by atoms with E-state index < -0.39 is 23.1 Å². The van der Waals surface area contributed by atoms with Crippen LogP contribution in [0.2, 0.25) is 0 Å². The van der Waals surface area contributed by atoms with Crippen molar-refractivity contribution in [2.45, 2.75) is 12.5 Å². The van der Waals surface area contributed by atoms with Crippen molar-refractivity contribution in [3.63, 3.8) is 0 Å². The van der Waals surface area contributed by atoms with Gasteiger partial charge in [0.15, 0.2) is 0 Å². The maximum atomic E-state index is 13.5. The Morgan fingerprint density at radius 2 is 2.00 bits per heavy atom. The van der Waals surface area contributed by atoms with Crippen LogP contribution < -0.4 is 5.73 Å². The topological polar surface area (TPSA) is 52.3 Å². The molecule has 16 heavy (non-hydrogen) atoms. The van der Waals surface area contributed by atoms with Crippen molar-refractivity contribution < 1.29 is 18.3 Å². The van der Waals surface area contributed by atoms with Gasteiger partial charge in [-0.05, 0) is 28.9 Å². The second-order valence-corrected chi connectivity index (χ2v) is 4.29. The second kappa shape index (κ2) is 4.47. The Hall–Kier alpha value is -1.01. The van der Waals surface area contributed by atoms with E-state index in [0.717, 1.165) is 13.2 Å². The van der Waals surface area contributed by atoms with E-state index in [2.05, 4.69) is 20.7 Å². The Morgan fingerprint density at radius 3 is 2.50 bits per heavy atom. The standard InChI is InChI=1S/C10H10BrF2NO2/c1-10(14,9(15)16-2)5-3-6(11)8(13)4-7(5)12/h3-4H,14H2,1-2H3. The highest BCUT2D eigenvalue weighted by molar-refractivity contribution is 9.10. The molecule has 0 saturated heterocycles. The molecule has 0 radical (unpaired) electrons. The third kappa shape index (κ3) is 2.22. The number of rotatable bonds is 2. The molecule has 1 unspecified atom stereocenters. The molecule has 6 heteroatoms. The summed E-state index contributed by atoms with van der Waals surface area (Å²) in [7, 11) is 1.14. The number of carbonyl (C=O) groups excluding carboxylic acids is 1. The van der Waals surface area contributed by atoms with Gasteiger partial charge in [0.25, 0.3) is 0 Å². The zero-order valence-corrected chi connectivity index (χ0v) is 10.3. The molecule has 0 aliphatic carbocycles. The van der Waals surface area contributed by atoms with E-state index in [1.807, 2.05) is 0 Å². The molecule has 0 amide bonds. The molecule has 0 heterocycles.